The summed E-state index contributed by atoms with van der Waals surface area (Å²) in [5.74, 6) is 0. The van der Waals surface area contributed by atoms with Crippen molar-refractivity contribution in [1.82, 2.24) is 0 Å². The Kier molecular flexibility index (Phi) is 2.69. The third kappa shape index (κ3) is 1.78. The molecule has 0 amide bonds. The van der Waals surface area contributed by atoms with Crippen LogP contribution in [-0.4, -0.2) is 6.92 Å². The van der Waals surface area contributed by atoms with Crippen molar-refractivity contribution in [2.24, 2.45) is 0 Å². The average Bonchev–Trinajstić information content (AvgIpc) is 2.58. The molecule has 2 rings (SSSR count). The Labute approximate surface area is 80.2 Å². The van der Waals surface area contributed by atoms with Gasteiger partial charge in [0.15, 0.2) is 0 Å². The van der Waals surface area contributed by atoms with E-state index in [2.05, 4.69) is 31.2 Å². The first-order valence-corrected chi connectivity index (χ1v) is 5.11. The van der Waals surface area contributed by atoms with Crippen molar-refractivity contribution < 1.29 is 4.65 Å². The van der Waals surface area contributed by atoms with Crippen LogP contribution in [-0.2, 0) is 11.3 Å². The largest absolute Gasteiger partial charge is 0.427 e. The van der Waals surface area contributed by atoms with Gasteiger partial charge in [-0.3, -0.25) is 0 Å². The summed E-state index contributed by atoms with van der Waals surface area (Å²) in [6.45, 7) is 3.40. The van der Waals surface area contributed by atoms with E-state index in [0.717, 1.165) is 6.61 Å². The van der Waals surface area contributed by atoms with Crippen molar-refractivity contribution in [2.75, 3.05) is 0 Å². The zero-order valence-electron chi connectivity index (χ0n) is 8.12. The molecule has 0 saturated heterocycles. The van der Waals surface area contributed by atoms with Gasteiger partial charge in [-0.25, -0.2) is 0 Å². The van der Waals surface area contributed by atoms with Gasteiger partial charge in [0, 0.05) is 0 Å². The maximum absolute atomic E-state index is 5.73. The molecule has 0 bridgehead atoms. The van der Waals surface area contributed by atoms with Crippen LogP contribution in [0.4, 0.5) is 0 Å². The lowest BCUT2D eigenvalue weighted by Gasteiger charge is -2.04. The summed E-state index contributed by atoms with van der Waals surface area (Å²) in [4.78, 5) is 0. The molecule has 2 heteroatoms. The van der Waals surface area contributed by atoms with Crippen LogP contribution in [0.25, 0.3) is 0 Å². The molecule has 1 aromatic carbocycles. The summed E-state index contributed by atoms with van der Waals surface area (Å²) in [7, 11) is 0. The second kappa shape index (κ2) is 3.97. The van der Waals surface area contributed by atoms with Crippen LogP contribution >= 0.6 is 0 Å². The fraction of sp³-hybridized carbons (Fsp3) is 0.455. The van der Waals surface area contributed by atoms with Crippen molar-refractivity contribution >= 4 is 12.4 Å². The van der Waals surface area contributed by atoms with E-state index >= 15 is 0 Å². The fourth-order valence-electron chi connectivity index (χ4n) is 1.89. The van der Waals surface area contributed by atoms with Crippen molar-refractivity contribution in [3.8, 4) is 0 Å². The highest BCUT2D eigenvalue weighted by Crippen LogP contribution is 2.14. The molecule has 0 saturated carbocycles. The van der Waals surface area contributed by atoms with Crippen LogP contribution in [0.15, 0.2) is 24.3 Å². The van der Waals surface area contributed by atoms with E-state index in [1.165, 1.54) is 30.2 Å². The quantitative estimate of drug-likeness (QED) is 0.638. The predicted molar refractivity (Wildman–Crippen MR) is 56.3 cm³/mol. The lowest BCUT2D eigenvalue weighted by atomic mass is 9.58. The molecule has 1 nitrogen and oxygen atoms in total. The van der Waals surface area contributed by atoms with Gasteiger partial charge in [0.25, 0.3) is 0 Å². The van der Waals surface area contributed by atoms with Crippen LogP contribution in [0, 0.1) is 0 Å². The minimum Gasteiger partial charge on any atom is -0.427 e. The van der Waals surface area contributed by atoms with Crippen molar-refractivity contribution in [3.63, 3.8) is 0 Å². The zero-order valence-corrected chi connectivity index (χ0v) is 8.12. The molecule has 0 radical (unpaired) electrons. The van der Waals surface area contributed by atoms with E-state index < -0.39 is 0 Å². The molecule has 0 unspecified atom stereocenters. The maximum Gasteiger partial charge on any atom is 0.327 e. The predicted octanol–water partition coefficient (Wildman–Crippen LogP) is 2.22. The van der Waals surface area contributed by atoms with Crippen LogP contribution in [0.5, 0.6) is 0 Å². The van der Waals surface area contributed by atoms with Crippen molar-refractivity contribution in [3.05, 3.63) is 29.8 Å². The minimum absolute atomic E-state index is 0.371. The van der Waals surface area contributed by atoms with E-state index in [0.29, 0.717) is 6.92 Å². The Hall–Kier alpha value is -0.755. The number of unbranched alkanes of at least 4 members (excludes halogenated alkanes) is 1. The normalized spacial score (nSPS) is 14.7. The maximum atomic E-state index is 5.73. The fourth-order valence-corrected chi connectivity index (χ4v) is 1.89. The first kappa shape index (κ1) is 8.83. The molecule has 68 valence electrons. The van der Waals surface area contributed by atoms with E-state index in [1.54, 1.807) is 0 Å². The van der Waals surface area contributed by atoms with Crippen LogP contribution in [0.2, 0.25) is 6.32 Å². The smallest absolute Gasteiger partial charge is 0.327 e. The first-order valence-electron chi connectivity index (χ1n) is 5.11. The summed E-state index contributed by atoms with van der Waals surface area (Å²) in [5.41, 5.74) is 2.79. The molecule has 1 aliphatic heterocycles. The van der Waals surface area contributed by atoms with Gasteiger partial charge >= 0.3 is 6.92 Å². The second-order valence-electron chi connectivity index (χ2n) is 3.64. The number of rotatable bonds is 3. The molecule has 1 aromatic rings. The van der Waals surface area contributed by atoms with Gasteiger partial charge in [0.05, 0.1) is 6.61 Å². The molecular formula is C11H15BO. The van der Waals surface area contributed by atoms with Gasteiger partial charge < -0.3 is 4.65 Å². The average molecular weight is 174 g/mol. The van der Waals surface area contributed by atoms with Gasteiger partial charge in [0.1, 0.15) is 0 Å². The molecule has 13 heavy (non-hydrogen) atoms. The molecule has 0 atom stereocenters. The number of hydrogen-bond donors (Lipinski definition) is 0. The topological polar surface area (TPSA) is 9.23 Å². The Bertz CT molecular complexity index is 285. The Morgan fingerprint density at radius 2 is 2.23 bits per heavy atom. The van der Waals surface area contributed by atoms with E-state index in [9.17, 15) is 0 Å². The zero-order chi connectivity index (χ0) is 9.10. The van der Waals surface area contributed by atoms with Gasteiger partial charge in [-0.2, -0.15) is 0 Å². The molecule has 0 N–H and O–H groups in total. The monoisotopic (exact) mass is 174 g/mol. The van der Waals surface area contributed by atoms with Crippen molar-refractivity contribution in [2.45, 2.75) is 32.7 Å². The van der Waals surface area contributed by atoms with Gasteiger partial charge in [0.2, 0.25) is 0 Å². The Morgan fingerprint density at radius 1 is 1.38 bits per heavy atom. The van der Waals surface area contributed by atoms with E-state index in [4.69, 9.17) is 4.65 Å². The Balaban J connectivity index is 2.09. The van der Waals surface area contributed by atoms with Gasteiger partial charge in [-0.05, 0) is 17.3 Å². The minimum atomic E-state index is 0.371. The number of hydrogen-bond acceptors (Lipinski definition) is 1. The van der Waals surface area contributed by atoms with Crippen LogP contribution < -0.4 is 5.46 Å². The molecular weight excluding hydrogens is 159 g/mol. The molecule has 1 aliphatic rings. The second-order valence-corrected chi connectivity index (χ2v) is 3.64. The Morgan fingerprint density at radius 3 is 3.08 bits per heavy atom. The lowest BCUT2D eigenvalue weighted by Crippen LogP contribution is -2.27. The SMILES string of the molecule is CCCCB1OCc2ccccc21. The lowest BCUT2D eigenvalue weighted by molar-refractivity contribution is 0.329. The summed E-state index contributed by atoms with van der Waals surface area (Å²) >= 11 is 0. The molecule has 0 fully saturated rings. The van der Waals surface area contributed by atoms with E-state index in [1.807, 2.05) is 0 Å². The van der Waals surface area contributed by atoms with Gasteiger partial charge in [-0.15, -0.1) is 0 Å². The standard InChI is InChI=1S/C11H15BO/c1-2-3-8-12-11-7-5-4-6-10(11)9-13-12/h4-7H,2-3,8-9H2,1H3. The summed E-state index contributed by atoms with van der Waals surface area (Å²) in [6.07, 6.45) is 3.69. The van der Waals surface area contributed by atoms with Gasteiger partial charge in [-0.1, -0.05) is 44.0 Å². The third-order valence-electron chi connectivity index (χ3n) is 2.66. The van der Waals surface area contributed by atoms with Crippen molar-refractivity contribution in [1.29, 1.82) is 0 Å². The highest BCUT2D eigenvalue weighted by atomic mass is 16.4. The molecule has 0 aliphatic carbocycles. The third-order valence-corrected chi connectivity index (χ3v) is 2.66. The summed E-state index contributed by atoms with van der Waals surface area (Å²) in [6, 6.07) is 8.56. The highest BCUT2D eigenvalue weighted by Gasteiger charge is 2.26. The van der Waals surface area contributed by atoms with Crippen LogP contribution in [0.1, 0.15) is 25.3 Å². The van der Waals surface area contributed by atoms with Crippen LogP contribution in [0.3, 0.4) is 0 Å². The number of fused-ring (bicyclic) bond motifs is 1. The molecule has 0 aromatic heterocycles. The first-order chi connectivity index (χ1) is 6.42. The number of benzene rings is 1. The summed E-state index contributed by atoms with van der Waals surface area (Å²) in [5, 5.41) is 0. The van der Waals surface area contributed by atoms with E-state index in [-0.39, 0.29) is 0 Å². The molecule has 1 heterocycles. The highest BCUT2D eigenvalue weighted by molar-refractivity contribution is 6.68. The summed E-state index contributed by atoms with van der Waals surface area (Å²) < 4.78 is 5.73. The molecule has 0 spiro atoms.